The van der Waals surface area contributed by atoms with Crippen molar-refractivity contribution in [3.8, 4) is 0 Å². The molecule has 0 saturated heterocycles. The first-order valence-electron chi connectivity index (χ1n) is 7.82. The van der Waals surface area contributed by atoms with Crippen LogP contribution in [-0.4, -0.2) is 26.9 Å². The molecule has 0 aliphatic heterocycles. The third kappa shape index (κ3) is 4.68. The summed E-state index contributed by atoms with van der Waals surface area (Å²) >= 11 is 7.46. The van der Waals surface area contributed by atoms with Crippen LogP contribution in [0.1, 0.15) is 16.3 Å². The van der Waals surface area contributed by atoms with Crippen molar-refractivity contribution in [1.82, 2.24) is 20.2 Å². The lowest BCUT2D eigenvalue weighted by Gasteiger charge is -2.02. The fourth-order valence-corrected chi connectivity index (χ4v) is 3.31. The van der Waals surface area contributed by atoms with Gasteiger partial charge < -0.3 is 5.32 Å². The second-order valence-electron chi connectivity index (χ2n) is 5.54. The molecule has 26 heavy (non-hydrogen) atoms. The van der Waals surface area contributed by atoms with Gasteiger partial charge in [-0.3, -0.25) is 9.48 Å². The van der Waals surface area contributed by atoms with Crippen LogP contribution in [0.2, 0.25) is 5.15 Å². The van der Waals surface area contributed by atoms with Gasteiger partial charge >= 0.3 is 0 Å². The molecule has 0 unspecified atom stereocenters. The highest BCUT2D eigenvalue weighted by Crippen LogP contribution is 2.27. The van der Waals surface area contributed by atoms with Crippen molar-refractivity contribution in [3.63, 3.8) is 0 Å². The predicted octanol–water partition coefficient (Wildman–Crippen LogP) is 3.50. The number of aryl methyl sites for hydroxylation is 2. The van der Waals surface area contributed by atoms with Crippen molar-refractivity contribution >= 4 is 45.9 Å². The molecule has 0 spiro atoms. The number of hydrogen-bond acceptors (Lipinski definition) is 6. The SMILES string of the molecule is Cc1cc(C)n(CC(=O)N/N=C\c2sc(Nc3ccccc3)nc2Cl)n1. The number of nitrogens with zero attached hydrogens (tertiary/aromatic N) is 4. The third-order valence-electron chi connectivity index (χ3n) is 3.40. The van der Waals surface area contributed by atoms with Gasteiger partial charge in [0.15, 0.2) is 10.3 Å². The van der Waals surface area contributed by atoms with Crippen molar-refractivity contribution in [2.75, 3.05) is 5.32 Å². The van der Waals surface area contributed by atoms with E-state index in [1.54, 1.807) is 4.68 Å². The first kappa shape index (κ1) is 18.1. The highest BCUT2D eigenvalue weighted by Gasteiger charge is 2.09. The molecule has 2 N–H and O–H groups in total. The van der Waals surface area contributed by atoms with Crippen LogP contribution in [0.3, 0.4) is 0 Å². The Bertz CT molecular complexity index is 934. The average Bonchev–Trinajstić information content (AvgIpc) is 3.10. The Labute approximate surface area is 159 Å². The van der Waals surface area contributed by atoms with E-state index >= 15 is 0 Å². The average molecular weight is 389 g/mol. The van der Waals surface area contributed by atoms with Gasteiger partial charge in [-0.15, -0.1) is 0 Å². The normalized spacial score (nSPS) is 11.0. The third-order valence-corrected chi connectivity index (χ3v) is 4.71. The van der Waals surface area contributed by atoms with Gasteiger partial charge in [-0.25, -0.2) is 10.4 Å². The number of hydrogen-bond donors (Lipinski definition) is 2. The molecule has 1 amide bonds. The second-order valence-corrected chi connectivity index (χ2v) is 6.93. The number of hydrazone groups is 1. The molecule has 0 saturated carbocycles. The lowest BCUT2D eigenvalue weighted by atomic mass is 10.3. The Kier molecular flexibility index (Phi) is 5.65. The quantitative estimate of drug-likeness (QED) is 0.500. The Morgan fingerprint density at radius 1 is 1.35 bits per heavy atom. The Balaban J connectivity index is 1.58. The molecule has 2 aromatic heterocycles. The van der Waals surface area contributed by atoms with Gasteiger partial charge in [0, 0.05) is 11.4 Å². The lowest BCUT2D eigenvalue weighted by molar-refractivity contribution is -0.121. The maximum absolute atomic E-state index is 12.0. The highest BCUT2D eigenvalue weighted by atomic mass is 35.5. The summed E-state index contributed by atoms with van der Waals surface area (Å²) in [5.74, 6) is -0.268. The fraction of sp³-hybridized carbons (Fsp3) is 0.176. The zero-order valence-corrected chi connectivity index (χ0v) is 15.8. The van der Waals surface area contributed by atoms with E-state index in [-0.39, 0.29) is 12.5 Å². The molecule has 2 heterocycles. The first-order valence-corrected chi connectivity index (χ1v) is 9.02. The monoisotopic (exact) mass is 388 g/mol. The minimum atomic E-state index is -0.268. The lowest BCUT2D eigenvalue weighted by Crippen LogP contribution is -2.24. The Morgan fingerprint density at radius 3 is 2.81 bits per heavy atom. The number of aromatic nitrogens is 3. The molecular weight excluding hydrogens is 372 g/mol. The number of carbonyl (C=O) groups is 1. The minimum absolute atomic E-state index is 0.105. The maximum atomic E-state index is 12.0. The molecule has 0 radical (unpaired) electrons. The van der Waals surface area contributed by atoms with Crippen LogP contribution in [0, 0.1) is 13.8 Å². The van der Waals surface area contributed by atoms with Gasteiger partial charge in [0.2, 0.25) is 0 Å². The molecule has 7 nitrogen and oxygen atoms in total. The van der Waals surface area contributed by atoms with E-state index in [1.165, 1.54) is 17.6 Å². The summed E-state index contributed by atoms with van der Waals surface area (Å²) in [7, 11) is 0. The van der Waals surface area contributed by atoms with Crippen molar-refractivity contribution in [3.05, 3.63) is 57.8 Å². The molecule has 3 rings (SSSR count). The summed E-state index contributed by atoms with van der Waals surface area (Å²) in [6.07, 6.45) is 1.48. The summed E-state index contributed by atoms with van der Waals surface area (Å²) in [4.78, 5) is 16.8. The van der Waals surface area contributed by atoms with Crippen LogP contribution >= 0.6 is 22.9 Å². The van der Waals surface area contributed by atoms with E-state index in [9.17, 15) is 4.79 Å². The van der Waals surface area contributed by atoms with E-state index in [0.717, 1.165) is 17.1 Å². The van der Waals surface area contributed by atoms with Crippen LogP contribution in [0.15, 0.2) is 41.5 Å². The van der Waals surface area contributed by atoms with Crippen molar-refractivity contribution in [2.45, 2.75) is 20.4 Å². The summed E-state index contributed by atoms with van der Waals surface area (Å²) in [5, 5.41) is 12.3. The van der Waals surface area contributed by atoms with Crippen molar-refractivity contribution in [2.24, 2.45) is 5.10 Å². The summed E-state index contributed by atoms with van der Waals surface area (Å²) < 4.78 is 1.63. The van der Waals surface area contributed by atoms with Crippen molar-refractivity contribution in [1.29, 1.82) is 0 Å². The number of benzene rings is 1. The first-order chi connectivity index (χ1) is 12.5. The topological polar surface area (TPSA) is 84.2 Å². The summed E-state index contributed by atoms with van der Waals surface area (Å²) in [5.41, 5.74) is 5.18. The largest absolute Gasteiger partial charge is 0.331 e. The standard InChI is InChI=1S/C17H17ClN6OS/c1-11-8-12(2)24(23-11)10-15(25)22-19-9-14-16(18)21-17(26-14)20-13-6-4-3-5-7-13/h3-9H,10H2,1-2H3,(H,20,21)(H,22,25)/b19-9-. The summed E-state index contributed by atoms with van der Waals surface area (Å²) in [6.45, 7) is 3.88. The van der Waals surface area contributed by atoms with Gasteiger partial charge in [0.1, 0.15) is 6.54 Å². The molecule has 3 aromatic rings. The molecule has 134 valence electrons. The number of nitrogens with one attached hydrogen (secondary N) is 2. The van der Waals surface area contributed by atoms with Crippen LogP contribution in [0.5, 0.6) is 0 Å². The summed E-state index contributed by atoms with van der Waals surface area (Å²) in [6, 6.07) is 11.6. The predicted molar refractivity (Wildman–Crippen MR) is 104 cm³/mol. The molecule has 9 heteroatoms. The smallest absolute Gasteiger partial charge is 0.261 e. The van der Waals surface area contributed by atoms with Crippen LogP contribution in [0.4, 0.5) is 10.8 Å². The number of anilines is 2. The molecule has 0 fully saturated rings. The zero-order valence-electron chi connectivity index (χ0n) is 14.2. The van der Waals surface area contributed by atoms with E-state index in [0.29, 0.717) is 15.2 Å². The van der Waals surface area contributed by atoms with Gasteiger partial charge in [-0.1, -0.05) is 41.1 Å². The minimum Gasteiger partial charge on any atom is -0.331 e. The molecule has 0 atom stereocenters. The van der Waals surface area contributed by atoms with Crippen LogP contribution < -0.4 is 10.7 Å². The highest BCUT2D eigenvalue weighted by molar-refractivity contribution is 7.17. The van der Waals surface area contributed by atoms with Gasteiger partial charge in [0.25, 0.3) is 5.91 Å². The molecule has 0 aliphatic carbocycles. The Hall–Kier alpha value is -2.71. The van der Waals surface area contributed by atoms with Crippen LogP contribution in [0.25, 0.3) is 0 Å². The number of amides is 1. The van der Waals surface area contributed by atoms with E-state index in [1.807, 2.05) is 50.2 Å². The van der Waals surface area contributed by atoms with E-state index in [2.05, 4.69) is 25.9 Å². The number of thiazole rings is 1. The van der Waals surface area contributed by atoms with Crippen LogP contribution in [-0.2, 0) is 11.3 Å². The van der Waals surface area contributed by atoms with Crippen molar-refractivity contribution < 1.29 is 4.79 Å². The van der Waals surface area contributed by atoms with Gasteiger partial charge in [0.05, 0.1) is 16.8 Å². The molecular formula is C17H17ClN6OS. The van der Waals surface area contributed by atoms with Gasteiger partial charge in [-0.2, -0.15) is 10.2 Å². The van der Waals surface area contributed by atoms with E-state index < -0.39 is 0 Å². The number of para-hydroxylation sites is 1. The number of halogens is 1. The molecule has 1 aromatic carbocycles. The number of carbonyl (C=O) groups excluding carboxylic acids is 1. The van der Waals surface area contributed by atoms with Gasteiger partial charge in [-0.05, 0) is 32.0 Å². The molecule has 0 aliphatic rings. The zero-order chi connectivity index (χ0) is 18.5. The van der Waals surface area contributed by atoms with E-state index in [4.69, 9.17) is 11.6 Å². The maximum Gasteiger partial charge on any atom is 0.261 e. The fourth-order valence-electron chi connectivity index (χ4n) is 2.26. The molecule has 0 bridgehead atoms. The second kappa shape index (κ2) is 8.11. The Morgan fingerprint density at radius 2 is 2.12 bits per heavy atom. The number of rotatable bonds is 6.